The summed E-state index contributed by atoms with van der Waals surface area (Å²) >= 11 is 0. The van der Waals surface area contributed by atoms with Gasteiger partial charge in [-0.3, -0.25) is 0 Å². The molecule has 0 aliphatic rings. The molecule has 0 aromatic carbocycles. The van der Waals surface area contributed by atoms with Crippen LogP contribution in [0, 0.1) is 5.92 Å². The van der Waals surface area contributed by atoms with Crippen LogP contribution in [0.15, 0.2) is 0 Å². The second-order valence-electron chi connectivity index (χ2n) is 3.55. The van der Waals surface area contributed by atoms with E-state index in [1.807, 2.05) is 0 Å². The van der Waals surface area contributed by atoms with Gasteiger partial charge in [0.15, 0.2) is 5.82 Å². The number of methoxy groups -OCH3 is 1. The highest BCUT2D eigenvalue weighted by Gasteiger charge is 2.10. The predicted octanol–water partition coefficient (Wildman–Crippen LogP) is 0.848. The van der Waals surface area contributed by atoms with Crippen molar-refractivity contribution in [3.63, 3.8) is 0 Å². The lowest BCUT2D eigenvalue weighted by molar-refractivity contribution is 0.396. The molecule has 78 valence electrons. The Labute approximate surface area is 83.5 Å². The van der Waals surface area contributed by atoms with Gasteiger partial charge in [0.1, 0.15) is 11.5 Å². The standard InChI is InChI=1S/C9H16N4O/c1-5(2)4-6-12-8(11)7(10)9(13-6)14-3/h5H,4,10H2,1-3H3,(H2,11,12,13). The van der Waals surface area contributed by atoms with Crippen LogP contribution < -0.4 is 16.2 Å². The molecule has 4 N–H and O–H groups in total. The first-order valence-corrected chi connectivity index (χ1v) is 4.50. The van der Waals surface area contributed by atoms with E-state index in [0.717, 1.165) is 6.42 Å². The maximum Gasteiger partial charge on any atom is 0.242 e. The van der Waals surface area contributed by atoms with E-state index >= 15 is 0 Å². The number of hydrogen-bond acceptors (Lipinski definition) is 5. The van der Waals surface area contributed by atoms with E-state index in [9.17, 15) is 0 Å². The number of hydrogen-bond donors (Lipinski definition) is 2. The summed E-state index contributed by atoms with van der Waals surface area (Å²) < 4.78 is 4.99. The van der Waals surface area contributed by atoms with Crippen molar-refractivity contribution in [3.05, 3.63) is 5.82 Å². The molecule has 0 unspecified atom stereocenters. The average Bonchev–Trinajstić information content (AvgIpc) is 2.10. The SMILES string of the molecule is COc1nc(CC(C)C)nc(N)c1N. The van der Waals surface area contributed by atoms with Crippen molar-refractivity contribution in [2.75, 3.05) is 18.6 Å². The Hall–Kier alpha value is -1.52. The number of nitrogens with two attached hydrogens (primary N) is 2. The minimum absolute atomic E-state index is 0.285. The van der Waals surface area contributed by atoms with Crippen LogP contribution in [0.3, 0.4) is 0 Å². The van der Waals surface area contributed by atoms with Gasteiger partial charge in [-0.15, -0.1) is 0 Å². The van der Waals surface area contributed by atoms with Crippen molar-refractivity contribution in [2.45, 2.75) is 20.3 Å². The molecule has 0 aliphatic carbocycles. The monoisotopic (exact) mass is 196 g/mol. The van der Waals surface area contributed by atoms with Crippen molar-refractivity contribution in [1.29, 1.82) is 0 Å². The van der Waals surface area contributed by atoms with E-state index in [-0.39, 0.29) is 5.82 Å². The number of rotatable bonds is 3. The van der Waals surface area contributed by atoms with E-state index < -0.39 is 0 Å². The van der Waals surface area contributed by atoms with Crippen LogP contribution in [-0.2, 0) is 6.42 Å². The van der Waals surface area contributed by atoms with Crippen molar-refractivity contribution < 1.29 is 4.74 Å². The summed E-state index contributed by atoms with van der Waals surface area (Å²) in [6.45, 7) is 4.17. The molecular weight excluding hydrogens is 180 g/mol. The first kappa shape index (κ1) is 10.6. The second kappa shape index (κ2) is 4.13. The Morgan fingerprint density at radius 1 is 1.29 bits per heavy atom. The summed E-state index contributed by atoms with van der Waals surface area (Å²) in [5, 5.41) is 0. The van der Waals surface area contributed by atoms with Gasteiger partial charge in [0.05, 0.1) is 7.11 Å². The zero-order valence-electron chi connectivity index (χ0n) is 8.74. The maximum absolute atomic E-state index is 5.62. The average molecular weight is 196 g/mol. The van der Waals surface area contributed by atoms with Crippen molar-refractivity contribution >= 4 is 11.5 Å². The molecular formula is C9H16N4O. The molecule has 1 aromatic heterocycles. The van der Waals surface area contributed by atoms with Crippen molar-refractivity contribution in [2.24, 2.45) is 5.92 Å². The predicted molar refractivity (Wildman–Crippen MR) is 56.0 cm³/mol. The van der Waals surface area contributed by atoms with Gasteiger partial charge in [0.25, 0.3) is 0 Å². The van der Waals surface area contributed by atoms with E-state index in [1.54, 1.807) is 0 Å². The summed E-state index contributed by atoms with van der Waals surface area (Å²) in [5.41, 5.74) is 11.5. The molecule has 1 rings (SSSR count). The summed E-state index contributed by atoms with van der Waals surface area (Å²) in [5.74, 6) is 1.78. The molecule has 5 heteroatoms. The molecule has 0 saturated carbocycles. The molecule has 5 nitrogen and oxygen atoms in total. The third-order valence-electron chi connectivity index (χ3n) is 1.77. The molecule has 0 aliphatic heterocycles. The third kappa shape index (κ3) is 2.25. The van der Waals surface area contributed by atoms with Crippen LogP contribution in [0.4, 0.5) is 11.5 Å². The van der Waals surface area contributed by atoms with Gasteiger partial charge in [-0.2, -0.15) is 4.98 Å². The quantitative estimate of drug-likeness (QED) is 0.748. The number of nitrogens with zero attached hydrogens (tertiary/aromatic N) is 2. The summed E-state index contributed by atoms with van der Waals surface area (Å²) in [4.78, 5) is 8.24. The number of nitrogen functional groups attached to an aromatic ring is 2. The van der Waals surface area contributed by atoms with Crippen molar-refractivity contribution in [1.82, 2.24) is 9.97 Å². The molecule has 0 radical (unpaired) electrons. The molecule has 14 heavy (non-hydrogen) atoms. The van der Waals surface area contributed by atoms with Crippen LogP contribution in [-0.4, -0.2) is 17.1 Å². The molecule has 0 bridgehead atoms. The fraction of sp³-hybridized carbons (Fsp3) is 0.556. The van der Waals surface area contributed by atoms with Gasteiger partial charge in [0.2, 0.25) is 5.88 Å². The van der Waals surface area contributed by atoms with Crippen LogP contribution >= 0.6 is 0 Å². The minimum Gasteiger partial charge on any atom is -0.479 e. The summed E-state index contributed by atoms with van der Waals surface area (Å²) in [6, 6.07) is 0. The first-order chi connectivity index (χ1) is 6.54. The second-order valence-corrected chi connectivity index (χ2v) is 3.55. The Kier molecular flexibility index (Phi) is 3.11. The lowest BCUT2D eigenvalue weighted by Gasteiger charge is -2.09. The highest BCUT2D eigenvalue weighted by atomic mass is 16.5. The molecule has 0 spiro atoms. The normalized spacial score (nSPS) is 10.6. The van der Waals surface area contributed by atoms with Gasteiger partial charge in [-0.1, -0.05) is 13.8 Å². The fourth-order valence-corrected chi connectivity index (χ4v) is 1.12. The van der Waals surface area contributed by atoms with E-state index in [1.165, 1.54) is 7.11 Å². The smallest absolute Gasteiger partial charge is 0.242 e. The fourth-order valence-electron chi connectivity index (χ4n) is 1.12. The topological polar surface area (TPSA) is 87.0 Å². The minimum atomic E-state index is 0.285. The molecule has 0 amide bonds. The zero-order valence-corrected chi connectivity index (χ0v) is 8.74. The Morgan fingerprint density at radius 3 is 2.43 bits per heavy atom. The van der Waals surface area contributed by atoms with Gasteiger partial charge in [-0.05, 0) is 5.92 Å². The van der Waals surface area contributed by atoms with Crippen LogP contribution in [0.5, 0.6) is 5.88 Å². The third-order valence-corrected chi connectivity index (χ3v) is 1.77. The first-order valence-electron chi connectivity index (χ1n) is 4.50. The van der Waals surface area contributed by atoms with Crippen molar-refractivity contribution in [3.8, 4) is 5.88 Å². The molecule has 0 fully saturated rings. The number of ether oxygens (including phenoxy) is 1. The number of aromatic nitrogens is 2. The van der Waals surface area contributed by atoms with Gasteiger partial charge >= 0.3 is 0 Å². The maximum atomic E-state index is 5.62. The van der Waals surface area contributed by atoms with Crippen LogP contribution in [0.1, 0.15) is 19.7 Å². The molecule has 0 atom stereocenters. The lowest BCUT2D eigenvalue weighted by atomic mass is 10.1. The van der Waals surface area contributed by atoms with Crippen LogP contribution in [0.2, 0.25) is 0 Å². The van der Waals surface area contributed by atoms with E-state index in [4.69, 9.17) is 16.2 Å². The van der Waals surface area contributed by atoms with E-state index in [0.29, 0.717) is 23.3 Å². The highest BCUT2D eigenvalue weighted by Crippen LogP contribution is 2.23. The number of anilines is 2. The Balaban J connectivity index is 3.03. The summed E-state index contributed by atoms with van der Waals surface area (Å²) in [7, 11) is 1.51. The lowest BCUT2D eigenvalue weighted by Crippen LogP contribution is -2.08. The molecule has 0 saturated heterocycles. The largest absolute Gasteiger partial charge is 0.479 e. The Morgan fingerprint density at radius 2 is 1.93 bits per heavy atom. The van der Waals surface area contributed by atoms with Gasteiger partial charge < -0.3 is 16.2 Å². The van der Waals surface area contributed by atoms with Gasteiger partial charge in [0, 0.05) is 6.42 Å². The highest BCUT2D eigenvalue weighted by molar-refractivity contribution is 5.64. The Bertz CT molecular complexity index is 325. The zero-order chi connectivity index (χ0) is 10.7. The van der Waals surface area contributed by atoms with Crippen LogP contribution in [0.25, 0.3) is 0 Å². The summed E-state index contributed by atoms with van der Waals surface area (Å²) in [6.07, 6.45) is 0.765. The molecule has 1 heterocycles. The van der Waals surface area contributed by atoms with Gasteiger partial charge in [-0.25, -0.2) is 4.98 Å². The molecule has 1 aromatic rings. The van der Waals surface area contributed by atoms with E-state index in [2.05, 4.69) is 23.8 Å².